The third-order valence-electron chi connectivity index (χ3n) is 2.05. The van der Waals surface area contributed by atoms with Crippen molar-refractivity contribution in [1.29, 1.82) is 0 Å². The lowest BCUT2D eigenvalue weighted by Crippen LogP contribution is -2.25. The van der Waals surface area contributed by atoms with Gasteiger partial charge in [0.25, 0.3) is 0 Å². The molecule has 1 aromatic rings. The number of allylic oxidation sites excluding steroid dienone is 1. The Hall–Kier alpha value is -1.78. The maximum absolute atomic E-state index is 11.3. The third-order valence-corrected chi connectivity index (χ3v) is 2.05. The van der Waals surface area contributed by atoms with Gasteiger partial charge in [-0.25, -0.2) is 4.98 Å². The summed E-state index contributed by atoms with van der Waals surface area (Å²) in [5, 5.41) is 11.6. The highest BCUT2D eigenvalue weighted by Crippen LogP contribution is 2.01. The van der Waals surface area contributed by atoms with Gasteiger partial charge in [-0.15, -0.1) is 0 Å². The lowest BCUT2D eigenvalue weighted by molar-refractivity contribution is -0.121. The Balaban J connectivity index is 2.04. The van der Waals surface area contributed by atoms with Gasteiger partial charge < -0.3 is 14.8 Å². The van der Waals surface area contributed by atoms with E-state index in [0.29, 0.717) is 32.2 Å². The molecule has 0 bridgehead atoms. The number of carbonyl (C=O) groups excluding carboxylic acids is 1. The maximum Gasteiger partial charge on any atom is 0.220 e. The summed E-state index contributed by atoms with van der Waals surface area (Å²) in [5.74, 6) is 0.847. The topological polar surface area (TPSA) is 75.4 Å². The molecule has 0 radical (unpaired) electrons. The number of nitrogens with one attached hydrogen (secondary N) is 1. The third kappa shape index (κ3) is 5.19. The molecule has 0 aliphatic carbocycles. The summed E-state index contributed by atoms with van der Waals surface area (Å²) < 4.78 is 5.02. The van der Waals surface area contributed by atoms with Crippen LogP contribution in [0.2, 0.25) is 0 Å². The molecule has 0 unspecified atom stereocenters. The zero-order chi connectivity index (χ0) is 11.8. The molecule has 0 saturated heterocycles. The van der Waals surface area contributed by atoms with Crippen molar-refractivity contribution in [2.75, 3.05) is 6.54 Å². The van der Waals surface area contributed by atoms with Crippen molar-refractivity contribution in [2.45, 2.75) is 25.7 Å². The molecule has 5 heteroatoms. The molecule has 0 aliphatic heterocycles. The van der Waals surface area contributed by atoms with E-state index in [1.807, 2.05) is 0 Å². The van der Waals surface area contributed by atoms with Crippen LogP contribution in [0.5, 0.6) is 0 Å². The number of hydrogen-bond acceptors (Lipinski definition) is 4. The summed E-state index contributed by atoms with van der Waals surface area (Å²) in [6.07, 6.45) is 5.11. The van der Waals surface area contributed by atoms with Crippen LogP contribution in [0.25, 0.3) is 0 Å². The predicted octanol–water partition coefficient (Wildman–Crippen LogP) is 1.58. The molecule has 88 valence electrons. The minimum Gasteiger partial charge on any atom is -0.513 e. The molecular weight excluding hydrogens is 208 g/mol. The molecule has 1 amide bonds. The Morgan fingerprint density at radius 2 is 2.38 bits per heavy atom. The van der Waals surface area contributed by atoms with Gasteiger partial charge in [-0.3, -0.25) is 4.79 Å². The molecule has 0 spiro atoms. The number of aliphatic hydroxyl groups is 1. The standard InChI is InChI=1S/C11H16N2O3/c1-9(14)3-2-4-11(15)13-6-5-10-7-12-8-16-10/h7-8,14H,1-6H2,(H,13,15). The van der Waals surface area contributed by atoms with E-state index in [1.54, 1.807) is 6.20 Å². The highest BCUT2D eigenvalue weighted by atomic mass is 16.3. The van der Waals surface area contributed by atoms with Crippen LogP contribution in [0.15, 0.2) is 29.3 Å². The van der Waals surface area contributed by atoms with Crippen LogP contribution in [-0.4, -0.2) is 22.5 Å². The van der Waals surface area contributed by atoms with Crippen LogP contribution < -0.4 is 5.32 Å². The first kappa shape index (κ1) is 12.3. The van der Waals surface area contributed by atoms with Crippen LogP contribution in [0.4, 0.5) is 0 Å². The van der Waals surface area contributed by atoms with Crippen molar-refractivity contribution < 1.29 is 14.3 Å². The van der Waals surface area contributed by atoms with Crippen LogP contribution in [0, 0.1) is 0 Å². The predicted molar refractivity (Wildman–Crippen MR) is 58.8 cm³/mol. The maximum atomic E-state index is 11.3. The normalized spacial score (nSPS) is 10.0. The number of aromatic nitrogens is 1. The van der Waals surface area contributed by atoms with Crippen molar-refractivity contribution in [3.05, 3.63) is 30.7 Å². The number of rotatable bonds is 7. The minimum atomic E-state index is -0.0271. The lowest BCUT2D eigenvalue weighted by atomic mass is 10.2. The van der Waals surface area contributed by atoms with Gasteiger partial charge in [0.05, 0.1) is 12.0 Å². The fourth-order valence-corrected chi connectivity index (χ4v) is 1.23. The fourth-order valence-electron chi connectivity index (χ4n) is 1.23. The SMILES string of the molecule is C=C(O)CCCC(=O)NCCc1cnco1. The largest absolute Gasteiger partial charge is 0.513 e. The van der Waals surface area contributed by atoms with E-state index in [2.05, 4.69) is 16.9 Å². The first-order valence-corrected chi connectivity index (χ1v) is 5.19. The van der Waals surface area contributed by atoms with Gasteiger partial charge in [-0.2, -0.15) is 0 Å². The Morgan fingerprint density at radius 3 is 3.00 bits per heavy atom. The summed E-state index contributed by atoms with van der Waals surface area (Å²) in [4.78, 5) is 15.1. The Morgan fingerprint density at radius 1 is 1.56 bits per heavy atom. The molecule has 0 saturated carbocycles. The quantitative estimate of drug-likeness (QED) is 0.689. The van der Waals surface area contributed by atoms with Crippen LogP contribution >= 0.6 is 0 Å². The molecule has 0 atom stereocenters. The number of aliphatic hydroxyl groups excluding tert-OH is 1. The van der Waals surface area contributed by atoms with Gasteiger partial charge in [-0.1, -0.05) is 6.58 Å². The number of carbonyl (C=O) groups is 1. The molecule has 5 nitrogen and oxygen atoms in total. The molecule has 1 heterocycles. The summed E-state index contributed by atoms with van der Waals surface area (Å²) >= 11 is 0. The number of oxazole rings is 1. The number of amides is 1. The molecule has 2 N–H and O–H groups in total. The zero-order valence-electron chi connectivity index (χ0n) is 9.11. The summed E-state index contributed by atoms with van der Waals surface area (Å²) in [5.41, 5.74) is 0. The highest BCUT2D eigenvalue weighted by molar-refractivity contribution is 5.75. The van der Waals surface area contributed by atoms with Crippen LogP contribution in [0.1, 0.15) is 25.0 Å². The van der Waals surface area contributed by atoms with E-state index in [0.717, 1.165) is 5.76 Å². The van der Waals surface area contributed by atoms with E-state index in [4.69, 9.17) is 9.52 Å². The van der Waals surface area contributed by atoms with Gasteiger partial charge in [-0.05, 0) is 6.42 Å². The molecule has 0 aliphatic rings. The Bertz CT molecular complexity index is 333. The molecule has 16 heavy (non-hydrogen) atoms. The zero-order valence-corrected chi connectivity index (χ0v) is 9.11. The van der Waals surface area contributed by atoms with Gasteiger partial charge in [0.15, 0.2) is 6.39 Å². The van der Waals surface area contributed by atoms with Crippen molar-refractivity contribution in [3.8, 4) is 0 Å². The first-order chi connectivity index (χ1) is 7.68. The Labute approximate surface area is 94.2 Å². The van der Waals surface area contributed by atoms with E-state index in [9.17, 15) is 4.79 Å². The second kappa shape index (κ2) is 6.66. The second-order valence-electron chi connectivity index (χ2n) is 3.49. The molecule has 1 aromatic heterocycles. The van der Waals surface area contributed by atoms with Gasteiger partial charge >= 0.3 is 0 Å². The Kier molecular flexibility index (Phi) is 5.11. The molecule has 0 fully saturated rings. The summed E-state index contributed by atoms with van der Waals surface area (Å²) in [6.45, 7) is 3.89. The molecule has 0 aromatic carbocycles. The van der Waals surface area contributed by atoms with E-state index in [-0.39, 0.29) is 11.7 Å². The summed E-state index contributed by atoms with van der Waals surface area (Å²) in [7, 11) is 0. The average molecular weight is 224 g/mol. The first-order valence-electron chi connectivity index (χ1n) is 5.19. The molecule has 1 rings (SSSR count). The number of hydrogen-bond donors (Lipinski definition) is 2. The van der Waals surface area contributed by atoms with Crippen LogP contribution in [0.3, 0.4) is 0 Å². The van der Waals surface area contributed by atoms with Crippen molar-refractivity contribution in [1.82, 2.24) is 10.3 Å². The van der Waals surface area contributed by atoms with E-state index in [1.165, 1.54) is 6.39 Å². The summed E-state index contributed by atoms with van der Waals surface area (Å²) in [6, 6.07) is 0. The van der Waals surface area contributed by atoms with E-state index >= 15 is 0 Å². The fraction of sp³-hybridized carbons (Fsp3) is 0.455. The van der Waals surface area contributed by atoms with Gasteiger partial charge in [0.2, 0.25) is 5.91 Å². The van der Waals surface area contributed by atoms with E-state index < -0.39 is 0 Å². The monoisotopic (exact) mass is 224 g/mol. The van der Waals surface area contributed by atoms with Crippen molar-refractivity contribution in [3.63, 3.8) is 0 Å². The smallest absolute Gasteiger partial charge is 0.220 e. The highest BCUT2D eigenvalue weighted by Gasteiger charge is 2.02. The lowest BCUT2D eigenvalue weighted by Gasteiger charge is -2.03. The minimum absolute atomic E-state index is 0.0271. The molecular formula is C11H16N2O3. The van der Waals surface area contributed by atoms with Gasteiger partial charge in [0.1, 0.15) is 5.76 Å². The van der Waals surface area contributed by atoms with Crippen molar-refractivity contribution in [2.24, 2.45) is 0 Å². The second-order valence-corrected chi connectivity index (χ2v) is 3.49. The van der Waals surface area contributed by atoms with Crippen molar-refractivity contribution >= 4 is 5.91 Å². The van der Waals surface area contributed by atoms with Gasteiger partial charge in [0, 0.05) is 25.8 Å². The average Bonchev–Trinajstić information content (AvgIpc) is 2.70. The van der Waals surface area contributed by atoms with Crippen LogP contribution in [-0.2, 0) is 11.2 Å². The number of nitrogens with zero attached hydrogens (tertiary/aromatic N) is 1.